The predicted molar refractivity (Wildman–Crippen MR) is 141 cm³/mol. The van der Waals surface area contributed by atoms with Crippen LogP contribution < -0.4 is 9.62 Å². The minimum absolute atomic E-state index is 0.115. The second-order valence-corrected chi connectivity index (χ2v) is 11.4. The van der Waals surface area contributed by atoms with E-state index in [2.05, 4.69) is 22.1 Å². The van der Waals surface area contributed by atoms with Gasteiger partial charge < -0.3 is 0 Å². The van der Waals surface area contributed by atoms with Gasteiger partial charge in [-0.2, -0.15) is 0 Å². The van der Waals surface area contributed by atoms with E-state index in [1.165, 1.54) is 27.4 Å². The van der Waals surface area contributed by atoms with Gasteiger partial charge in [0.15, 0.2) is 4.34 Å². The highest BCUT2D eigenvalue weighted by Crippen LogP contribution is 2.27. The van der Waals surface area contributed by atoms with Gasteiger partial charge in [0.25, 0.3) is 15.9 Å². The van der Waals surface area contributed by atoms with Crippen molar-refractivity contribution in [1.82, 2.24) is 10.2 Å². The Morgan fingerprint density at radius 2 is 1.63 bits per heavy atom. The van der Waals surface area contributed by atoms with Gasteiger partial charge in [-0.15, -0.1) is 16.8 Å². The number of amides is 1. The number of hydrogen-bond donors (Lipinski definition) is 1. The number of sulfonamides is 1. The molecule has 1 heterocycles. The van der Waals surface area contributed by atoms with Gasteiger partial charge in [0.1, 0.15) is 0 Å². The molecule has 1 aromatic heterocycles. The van der Waals surface area contributed by atoms with Crippen molar-refractivity contribution >= 4 is 49.8 Å². The van der Waals surface area contributed by atoms with Crippen molar-refractivity contribution in [3.63, 3.8) is 0 Å². The number of para-hydroxylation sites is 1. The van der Waals surface area contributed by atoms with E-state index in [-0.39, 0.29) is 17.3 Å². The van der Waals surface area contributed by atoms with Crippen LogP contribution in [0.5, 0.6) is 0 Å². The van der Waals surface area contributed by atoms with E-state index < -0.39 is 10.0 Å². The normalized spacial score (nSPS) is 11.1. The first-order valence-corrected chi connectivity index (χ1v) is 13.8. The van der Waals surface area contributed by atoms with E-state index in [9.17, 15) is 13.2 Å². The lowest BCUT2D eigenvalue weighted by molar-refractivity contribution is 0.102. The van der Waals surface area contributed by atoms with Crippen LogP contribution in [0.2, 0.25) is 0 Å². The van der Waals surface area contributed by atoms with E-state index in [0.29, 0.717) is 22.1 Å². The fourth-order valence-electron chi connectivity index (χ4n) is 3.17. The highest BCUT2D eigenvalue weighted by molar-refractivity contribution is 8.01. The molecule has 1 N–H and O–H groups in total. The fourth-order valence-corrected chi connectivity index (χ4v) is 6.16. The molecule has 0 saturated heterocycles. The number of thioether (sulfide) groups is 1. The van der Waals surface area contributed by atoms with E-state index >= 15 is 0 Å². The standard InChI is InChI=1S/C25H22N4O3S3/c1-2-17-33-25-28-27-24(34-25)26-23(30)20-15-13-19(14-16-20)18-29(21-9-5-3-6-10-21)35(31,32)22-11-7-4-8-12-22/h2-16H,1,17-18H2,(H,26,27,30). The molecule has 0 spiro atoms. The second kappa shape index (κ2) is 11.3. The van der Waals surface area contributed by atoms with Crippen molar-refractivity contribution in [1.29, 1.82) is 0 Å². The van der Waals surface area contributed by atoms with Crippen LogP contribution in [0.1, 0.15) is 15.9 Å². The Bertz CT molecular complexity index is 1390. The van der Waals surface area contributed by atoms with Crippen LogP contribution in [0.25, 0.3) is 0 Å². The molecule has 4 rings (SSSR count). The van der Waals surface area contributed by atoms with E-state index in [1.807, 2.05) is 6.07 Å². The molecule has 0 radical (unpaired) electrons. The first-order valence-electron chi connectivity index (χ1n) is 10.6. The first-order chi connectivity index (χ1) is 17.0. The third-order valence-electron chi connectivity index (χ3n) is 4.87. The molecule has 0 aliphatic rings. The van der Waals surface area contributed by atoms with Crippen LogP contribution >= 0.6 is 23.1 Å². The molecule has 4 aromatic rings. The summed E-state index contributed by atoms with van der Waals surface area (Å²) in [5.74, 6) is 0.397. The minimum atomic E-state index is -3.79. The summed E-state index contributed by atoms with van der Waals surface area (Å²) in [6.07, 6.45) is 1.77. The maximum absolute atomic E-state index is 13.4. The van der Waals surface area contributed by atoms with Crippen LogP contribution in [-0.2, 0) is 16.6 Å². The molecule has 0 atom stereocenters. The molecule has 10 heteroatoms. The Morgan fingerprint density at radius 3 is 2.29 bits per heavy atom. The van der Waals surface area contributed by atoms with Crippen LogP contribution in [0.3, 0.4) is 0 Å². The number of hydrogen-bond acceptors (Lipinski definition) is 7. The predicted octanol–water partition coefficient (Wildman–Crippen LogP) is 5.46. The molecule has 7 nitrogen and oxygen atoms in total. The monoisotopic (exact) mass is 522 g/mol. The third-order valence-corrected chi connectivity index (χ3v) is 8.63. The van der Waals surface area contributed by atoms with Crippen molar-refractivity contribution < 1.29 is 13.2 Å². The average molecular weight is 523 g/mol. The van der Waals surface area contributed by atoms with E-state index in [4.69, 9.17) is 0 Å². The summed E-state index contributed by atoms with van der Waals surface area (Å²) >= 11 is 2.79. The lowest BCUT2D eigenvalue weighted by atomic mass is 10.1. The number of nitrogens with zero attached hydrogens (tertiary/aromatic N) is 3. The Balaban J connectivity index is 1.51. The number of carbonyl (C=O) groups is 1. The molecular weight excluding hydrogens is 501 g/mol. The molecule has 0 aliphatic carbocycles. The van der Waals surface area contributed by atoms with E-state index in [1.54, 1.807) is 84.9 Å². The number of anilines is 2. The largest absolute Gasteiger partial charge is 0.296 e. The Labute approximate surface area is 212 Å². The maximum Gasteiger partial charge on any atom is 0.264 e. The number of carbonyl (C=O) groups excluding carboxylic acids is 1. The smallest absolute Gasteiger partial charge is 0.264 e. The molecule has 1 amide bonds. The lowest BCUT2D eigenvalue weighted by Crippen LogP contribution is -2.30. The Morgan fingerprint density at radius 1 is 0.971 bits per heavy atom. The highest BCUT2D eigenvalue weighted by atomic mass is 32.2. The van der Waals surface area contributed by atoms with Crippen molar-refractivity contribution in [2.45, 2.75) is 15.8 Å². The SMILES string of the molecule is C=CCSc1nnc(NC(=O)c2ccc(CN(c3ccccc3)S(=O)(=O)c3ccccc3)cc2)s1. The maximum atomic E-state index is 13.4. The van der Waals surface area contributed by atoms with Gasteiger partial charge in [0, 0.05) is 11.3 Å². The molecule has 3 aromatic carbocycles. The van der Waals surface area contributed by atoms with Crippen LogP contribution in [0.15, 0.2) is 107 Å². The van der Waals surface area contributed by atoms with Gasteiger partial charge in [-0.1, -0.05) is 77.7 Å². The quantitative estimate of drug-likeness (QED) is 0.169. The number of rotatable bonds is 10. The molecule has 35 heavy (non-hydrogen) atoms. The summed E-state index contributed by atoms with van der Waals surface area (Å²) in [5.41, 5.74) is 1.73. The summed E-state index contributed by atoms with van der Waals surface area (Å²) in [5, 5.41) is 11.2. The van der Waals surface area contributed by atoms with Crippen molar-refractivity contribution in [2.24, 2.45) is 0 Å². The second-order valence-electron chi connectivity index (χ2n) is 7.28. The summed E-state index contributed by atoms with van der Waals surface area (Å²) in [6.45, 7) is 3.79. The fraction of sp³-hybridized carbons (Fsp3) is 0.0800. The zero-order chi connectivity index (χ0) is 24.7. The third kappa shape index (κ3) is 6.16. The molecule has 0 fully saturated rings. The molecule has 0 saturated carbocycles. The minimum Gasteiger partial charge on any atom is -0.296 e. The highest BCUT2D eigenvalue weighted by Gasteiger charge is 2.25. The molecular formula is C25H22N4O3S3. The lowest BCUT2D eigenvalue weighted by Gasteiger charge is -2.24. The summed E-state index contributed by atoms with van der Waals surface area (Å²) < 4.78 is 29.0. The van der Waals surface area contributed by atoms with Crippen molar-refractivity contribution in [3.05, 3.63) is 109 Å². The van der Waals surface area contributed by atoms with Crippen LogP contribution in [0, 0.1) is 0 Å². The van der Waals surface area contributed by atoms with Gasteiger partial charge in [-0.05, 0) is 42.0 Å². The molecule has 0 bridgehead atoms. The van der Waals surface area contributed by atoms with Crippen LogP contribution in [0.4, 0.5) is 10.8 Å². The number of nitrogens with one attached hydrogen (secondary N) is 1. The first kappa shape index (κ1) is 24.6. The zero-order valence-corrected chi connectivity index (χ0v) is 21.0. The molecule has 178 valence electrons. The van der Waals surface area contributed by atoms with Crippen molar-refractivity contribution in [3.8, 4) is 0 Å². The van der Waals surface area contributed by atoms with Gasteiger partial charge in [-0.25, -0.2) is 8.42 Å². The van der Waals surface area contributed by atoms with Crippen LogP contribution in [-0.4, -0.2) is 30.3 Å². The Kier molecular flexibility index (Phi) is 7.96. The summed E-state index contributed by atoms with van der Waals surface area (Å²) in [4.78, 5) is 12.8. The number of benzene rings is 3. The molecule has 0 unspecified atom stereocenters. The van der Waals surface area contributed by atoms with Gasteiger partial charge >= 0.3 is 0 Å². The van der Waals surface area contributed by atoms with E-state index in [0.717, 1.165) is 9.90 Å². The summed E-state index contributed by atoms with van der Waals surface area (Å²) in [7, 11) is -3.79. The number of aromatic nitrogens is 2. The van der Waals surface area contributed by atoms with Crippen molar-refractivity contribution in [2.75, 3.05) is 15.4 Å². The topological polar surface area (TPSA) is 92.3 Å². The van der Waals surface area contributed by atoms with Gasteiger partial charge in [0.2, 0.25) is 5.13 Å². The average Bonchev–Trinajstić information content (AvgIpc) is 3.34. The van der Waals surface area contributed by atoms with Gasteiger partial charge in [-0.3, -0.25) is 14.4 Å². The summed E-state index contributed by atoms with van der Waals surface area (Å²) in [6, 6.07) is 24.1. The Hall–Kier alpha value is -3.47. The zero-order valence-electron chi connectivity index (χ0n) is 18.6. The molecule has 0 aliphatic heterocycles. The van der Waals surface area contributed by atoms with Gasteiger partial charge in [0.05, 0.1) is 17.1 Å².